The van der Waals surface area contributed by atoms with Crippen molar-refractivity contribution < 1.29 is 26.9 Å². The van der Waals surface area contributed by atoms with Gasteiger partial charge >= 0.3 is 10.1 Å². The van der Waals surface area contributed by atoms with Crippen molar-refractivity contribution in [3.8, 4) is 5.75 Å². The van der Waals surface area contributed by atoms with Crippen LogP contribution in [-0.2, 0) is 16.7 Å². The normalized spacial score (nSPS) is 18.0. The second-order valence-corrected chi connectivity index (χ2v) is 9.78. The van der Waals surface area contributed by atoms with Gasteiger partial charge in [0.05, 0.1) is 6.54 Å². The Morgan fingerprint density at radius 2 is 1.91 bits per heavy atom. The fraction of sp³-hybridized carbons (Fsp3) is 0.364. The number of carbonyl (C=O) groups is 1. The number of nitrogens with zero attached hydrogens (tertiary/aromatic N) is 5. The minimum absolute atomic E-state index is 0.0607. The summed E-state index contributed by atoms with van der Waals surface area (Å²) < 4.78 is 52.2. The van der Waals surface area contributed by atoms with E-state index in [2.05, 4.69) is 15.4 Å². The van der Waals surface area contributed by atoms with Crippen molar-refractivity contribution in [1.82, 2.24) is 25.1 Å². The summed E-state index contributed by atoms with van der Waals surface area (Å²) >= 11 is 0. The van der Waals surface area contributed by atoms with E-state index in [0.29, 0.717) is 18.7 Å². The summed E-state index contributed by atoms with van der Waals surface area (Å²) in [6.45, 7) is 2.75. The number of carbonyl (C=O) groups excluding carboxylic acids is 1. The summed E-state index contributed by atoms with van der Waals surface area (Å²) in [7, 11) is -4.55. The molecule has 12 heteroatoms. The van der Waals surface area contributed by atoms with E-state index in [1.807, 2.05) is 0 Å². The Bertz CT molecular complexity index is 1220. The number of aromatic nitrogens is 4. The molecule has 34 heavy (non-hydrogen) atoms. The average molecular weight is 490 g/mol. The standard InChI is InChI=1S/C22H24FN5O5S/c1-15(12-28-25-14-24-26-28)22(34(30,31)32)33-20-8-4-17(5-9-20)21(29)27-11-10-18(13-27)16-2-6-19(23)7-3-16/h2-9,14-15,18,22H,10-13H2,1H3,(H,30,31,32)/t15?,18-,22?/m0/s1. The van der Waals surface area contributed by atoms with Gasteiger partial charge in [0.15, 0.2) is 6.33 Å². The van der Waals surface area contributed by atoms with E-state index >= 15 is 0 Å². The molecule has 1 aromatic heterocycles. The second kappa shape index (κ2) is 9.85. The summed E-state index contributed by atoms with van der Waals surface area (Å²) in [5.74, 6) is -0.823. The zero-order valence-electron chi connectivity index (χ0n) is 18.4. The Hall–Kier alpha value is -3.38. The molecule has 1 fully saturated rings. The van der Waals surface area contributed by atoms with Crippen LogP contribution in [0.25, 0.3) is 0 Å². The van der Waals surface area contributed by atoms with Crippen molar-refractivity contribution in [2.24, 2.45) is 5.92 Å². The van der Waals surface area contributed by atoms with Gasteiger partial charge in [-0.15, -0.1) is 10.2 Å². The van der Waals surface area contributed by atoms with Gasteiger partial charge in [0, 0.05) is 30.5 Å². The zero-order valence-corrected chi connectivity index (χ0v) is 19.2. The number of halogens is 1. The summed E-state index contributed by atoms with van der Waals surface area (Å²) in [5.41, 5.74) is -0.141. The van der Waals surface area contributed by atoms with Gasteiger partial charge in [-0.25, -0.2) is 4.39 Å². The van der Waals surface area contributed by atoms with Gasteiger partial charge < -0.3 is 9.64 Å². The predicted molar refractivity (Wildman–Crippen MR) is 119 cm³/mol. The topological polar surface area (TPSA) is 128 Å². The quantitative estimate of drug-likeness (QED) is 0.478. The van der Waals surface area contributed by atoms with Crippen molar-refractivity contribution in [2.75, 3.05) is 13.1 Å². The maximum absolute atomic E-state index is 13.2. The zero-order chi connectivity index (χ0) is 24.3. The third-order valence-electron chi connectivity index (χ3n) is 5.77. The molecule has 0 aliphatic carbocycles. The number of tetrazole rings is 1. The predicted octanol–water partition coefficient (Wildman–Crippen LogP) is 2.37. The molecule has 2 heterocycles. The number of benzene rings is 2. The highest BCUT2D eigenvalue weighted by atomic mass is 32.2. The van der Waals surface area contributed by atoms with Gasteiger partial charge in [0.25, 0.3) is 5.91 Å². The molecule has 1 N–H and O–H groups in total. The maximum atomic E-state index is 13.2. The molecular formula is C22H24FN5O5S. The van der Waals surface area contributed by atoms with E-state index in [-0.39, 0.29) is 29.9 Å². The third-order valence-corrected chi connectivity index (χ3v) is 6.92. The molecule has 2 unspecified atom stereocenters. The van der Waals surface area contributed by atoms with Crippen LogP contribution < -0.4 is 4.74 Å². The third kappa shape index (κ3) is 5.57. The molecule has 1 aliphatic heterocycles. The number of ether oxygens (including phenoxy) is 1. The first-order chi connectivity index (χ1) is 16.2. The fourth-order valence-electron chi connectivity index (χ4n) is 4.03. The first-order valence-electron chi connectivity index (χ1n) is 10.7. The van der Waals surface area contributed by atoms with Crippen molar-refractivity contribution >= 4 is 16.0 Å². The largest absolute Gasteiger partial charge is 0.472 e. The molecule has 0 spiro atoms. The van der Waals surface area contributed by atoms with Crippen molar-refractivity contribution in [3.05, 3.63) is 71.8 Å². The van der Waals surface area contributed by atoms with E-state index in [1.54, 1.807) is 36.1 Å². The van der Waals surface area contributed by atoms with Crippen LogP contribution in [0, 0.1) is 11.7 Å². The Labute approximate surface area is 196 Å². The number of amides is 1. The number of hydrogen-bond donors (Lipinski definition) is 1. The summed E-state index contributed by atoms with van der Waals surface area (Å²) in [4.78, 5) is 15.9. The lowest BCUT2D eigenvalue weighted by Gasteiger charge is -2.22. The van der Waals surface area contributed by atoms with Crippen molar-refractivity contribution in [1.29, 1.82) is 0 Å². The lowest BCUT2D eigenvalue weighted by Crippen LogP contribution is -2.36. The smallest absolute Gasteiger partial charge is 0.303 e. The van der Waals surface area contributed by atoms with Crippen molar-refractivity contribution in [3.63, 3.8) is 0 Å². The monoisotopic (exact) mass is 489 g/mol. The molecule has 0 saturated carbocycles. The molecule has 10 nitrogen and oxygen atoms in total. The molecular weight excluding hydrogens is 465 g/mol. The van der Waals surface area contributed by atoms with Gasteiger partial charge in [-0.1, -0.05) is 19.1 Å². The minimum atomic E-state index is -4.55. The molecule has 0 bridgehead atoms. The van der Waals surface area contributed by atoms with Crippen molar-refractivity contribution in [2.45, 2.75) is 31.2 Å². The van der Waals surface area contributed by atoms with Crippen LogP contribution in [-0.4, -0.2) is 62.5 Å². The van der Waals surface area contributed by atoms with Gasteiger partial charge in [0.2, 0.25) is 5.44 Å². The summed E-state index contributed by atoms with van der Waals surface area (Å²) in [5, 5.41) is 11.1. The Kier molecular flexibility index (Phi) is 6.89. The lowest BCUT2D eigenvalue weighted by atomic mass is 9.99. The van der Waals surface area contributed by atoms with Gasteiger partial charge in [-0.05, 0) is 53.6 Å². The van der Waals surface area contributed by atoms with Crippen LogP contribution >= 0.6 is 0 Å². The summed E-state index contributed by atoms with van der Waals surface area (Å²) in [6.07, 6.45) is 2.00. The molecule has 1 saturated heterocycles. The highest BCUT2D eigenvalue weighted by Gasteiger charge is 2.33. The van der Waals surface area contributed by atoms with Crippen LogP contribution in [0.1, 0.15) is 35.2 Å². The highest BCUT2D eigenvalue weighted by molar-refractivity contribution is 7.86. The van der Waals surface area contributed by atoms with Crippen LogP contribution in [0.4, 0.5) is 4.39 Å². The number of likely N-dealkylation sites (tertiary alicyclic amines) is 1. The molecule has 1 amide bonds. The minimum Gasteiger partial charge on any atom is -0.472 e. The van der Waals surface area contributed by atoms with E-state index in [0.717, 1.165) is 12.0 Å². The first-order valence-corrected chi connectivity index (χ1v) is 12.2. The SMILES string of the molecule is CC(Cn1ncnn1)C(Oc1ccc(C(=O)N2CC[C@H](c3ccc(F)cc3)C2)cc1)S(=O)(=O)O. The highest BCUT2D eigenvalue weighted by Crippen LogP contribution is 2.29. The lowest BCUT2D eigenvalue weighted by molar-refractivity contribution is 0.0790. The van der Waals surface area contributed by atoms with Crippen LogP contribution in [0.15, 0.2) is 54.9 Å². The van der Waals surface area contributed by atoms with E-state index in [4.69, 9.17) is 4.74 Å². The number of hydrogen-bond acceptors (Lipinski definition) is 7. The Morgan fingerprint density at radius 3 is 2.53 bits per heavy atom. The average Bonchev–Trinajstić information content (AvgIpc) is 3.49. The van der Waals surface area contributed by atoms with Gasteiger partial charge in [-0.2, -0.15) is 13.2 Å². The van der Waals surface area contributed by atoms with Crippen LogP contribution in [0.5, 0.6) is 5.75 Å². The Balaban J connectivity index is 1.40. The molecule has 3 atom stereocenters. The van der Waals surface area contributed by atoms with Gasteiger partial charge in [-0.3, -0.25) is 9.35 Å². The Morgan fingerprint density at radius 1 is 1.21 bits per heavy atom. The van der Waals surface area contributed by atoms with Crippen LogP contribution in [0.3, 0.4) is 0 Å². The van der Waals surface area contributed by atoms with Gasteiger partial charge in [0.1, 0.15) is 11.6 Å². The van der Waals surface area contributed by atoms with Crippen LogP contribution in [0.2, 0.25) is 0 Å². The first kappa shape index (κ1) is 23.8. The maximum Gasteiger partial charge on any atom is 0.303 e. The number of rotatable bonds is 8. The molecule has 0 radical (unpaired) electrons. The molecule has 180 valence electrons. The fourth-order valence-corrected chi connectivity index (χ4v) is 4.94. The molecule has 4 rings (SSSR count). The van der Waals surface area contributed by atoms with E-state index in [1.165, 1.54) is 35.4 Å². The molecule has 2 aromatic carbocycles. The van der Waals surface area contributed by atoms with E-state index in [9.17, 15) is 22.2 Å². The molecule has 1 aliphatic rings. The summed E-state index contributed by atoms with van der Waals surface area (Å²) in [6, 6.07) is 12.4. The molecule has 3 aromatic rings. The van der Waals surface area contributed by atoms with E-state index < -0.39 is 21.5 Å². The second-order valence-electron chi connectivity index (χ2n) is 8.28.